The van der Waals surface area contributed by atoms with Crippen LogP contribution in [0.1, 0.15) is 59.2 Å². The van der Waals surface area contributed by atoms with Crippen LogP contribution in [0.5, 0.6) is 5.75 Å². The van der Waals surface area contributed by atoms with Gasteiger partial charge in [-0.2, -0.15) is 0 Å². The van der Waals surface area contributed by atoms with E-state index in [9.17, 15) is 14.4 Å². The second kappa shape index (κ2) is 10.3. The number of anilines is 1. The summed E-state index contributed by atoms with van der Waals surface area (Å²) in [5.74, 6) is 0.265. The van der Waals surface area contributed by atoms with E-state index in [-0.39, 0.29) is 42.4 Å². The zero-order valence-electron chi connectivity index (χ0n) is 19.6. The number of amides is 3. The van der Waals surface area contributed by atoms with E-state index < -0.39 is 5.91 Å². The van der Waals surface area contributed by atoms with Crippen molar-refractivity contribution in [2.75, 3.05) is 25.5 Å². The van der Waals surface area contributed by atoms with Gasteiger partial charge in [-0.15, -0.1) is 0 Å². The molecule has 1 aromatic carbocycles. The number of benzene rings is 1. The van der Waals surface area contributed by atoms with E-state index >= 15 is 0 Å². The fraction of sp³-hybridized carbons (Fsp3) is 0.500. The number of nitrogens with one attached hydrogen (secondary N) is 2. The maximum absolute atomic E-state index is 13.3. The number of likely N-dealkylation sites (N-methyl/N-ethyl adjacent to an activating group) is 1. The van der Waals surface area contributed by atoms with Gasteiger partial charge in [-0.1, -0.05) is 12.1 Å². The van der Waals surface area contributed by atoms with Gasteiger partial charge in [0.25, 0.3) is 11.8 Å². The van der Waals surface area contributed by atoms with Gasteiger partial charge in [-0.05, 0) is 44.4 Å². The van der Waals surface area contributed by atoms with Crippen molar-refractivity contribution in [1.29, 1.82) is 0 Å². The predicted molar refractivity (Wildman–Crippen MR) is 123 cm³/mol. The third kappa shape index (κ3) is 5.22. The SMILES string of the molecule is CCCNC(=O)C[C@H]1CC[C@@H]2[C@@H](COc3ccc(NC(=O)c4cc(C)on4)cc3C(=O)N2C)O1. The van der Waals surface area contributed by atoms with Gasteiger partial charge in [0.15, 0.2) is 5.69 Å². The molecule has 34 heavy (non-hydrogen) atoms. The average molecular weight is 471 g/mol. The van der Waals surface area contributed by atoms with Gasteiger partial charge in [-0.25, -0.2) is 0 Å². The first-order valence-electron chi connectivity index (χ1n) is 11.6. The van der Waals surface area contributed by atoms with Crippen molar-refractivity contribution >= 4 is 23.4 Å². The molecule has 2 aliphatic rings. The largest absolute Gasteiger partial charge is 0.490 e. The molecule has 3 amide bonds. The number of hydrogen-bond donors (Lipinski definition) is 2. The van der Waals surface area contributed by atoms with E-state index in [1.807, 2.05) is 6.92 Å². The van der Waals surface area contributed by atoms with E-state index in [0.29, 0.717) is 48.6 Å². The topological polar surface area (TPSA) is 123 Å². The van der Waals surface area contributed by atoms with Gasteiger partial charge < -0.3 is 29.5 Å². The first-order valence-corrected chi connectivity index (χ1v) is 11.6. The van der Waals surface area contributed by atoms with Crippen LogP contribution in [0.25, 0.3) is 0 Å². The van der Waals surface area contributed by atoms with Gasteiger partial charge in [0.05, 0.1) is 24.1 Å². The molecular formula is C24H30N4O6. The molecule has 1 saturated heterocycles. The van der Waals surface area contributed by atoms with Gasteiger partial charge in [0, 0.05) is 25.3 Å². The van der Waals surface area contributed by atoms with Crippen LogP contribution in [0.15, 0.2) is 28.8 Å². The van der Waals surface area contributed by atoms with Crippen LogP contribution in [-0.4, -0.2) is 66.2 Å². The molecule has 0 saturated carbocycles. The summed E-state index contributed by atoms with van der Waals surface area (Å²) in [5.41, 5.74) is 0.963. The predicted octanol–water partition coefficient (Wildman–Crippen LogP) is 2.53. The first-order chi connectivity index (χ1) is 16.4. The lowest BCUT2D eigenvalue weighted by Crippen LogP contribution is -2.54. The monoisotopic (exact) mass is 470 g/mol. The number of hydrogen-bond acceptors (Lipinski definition) is 7. The molecule has 0 aliphatic carbocycles. The van der Waals surface area contributed by atoms with Gasteiger partial charge in [0.2, 0.25) is 5.91 Å². The number of carbonyl (C=O) groups is 3. The lowest BCUT2D eigenvalue weighted by atomic mass is 9.94. The number of carbonyl (C=O) groups excluding carboxylic acids is 3. The third-order valence-electron chi connectivity index (χ3n) is 6.12. The molecule has 0 radical (unpaired) electrons. The highest BCUT2D eigenvalue weighted by Crippen LogP contribution is 2.32. The van der Waals surface area contributed by atoms with Crippen LogP contribution in [0.3, 0.4) is 0 Å². The van der Waals surface area contributed by atoms with E-state index in [1.165, 1.54) is 6.07 Å². The molecule has 3 atom stereocenters. The van der Waals surface area contributed by atoms with Gasteiger partial charge in [-0.3, -0.25) is 14.4 Å². The van der Waals surface area contributed by atoms with Crippen LogP contribution in [0.2, 0.25) is 0 Å². The summed E-state index contributed by atoms with van der Waals surface area (Å²) < 4.78 is 17.1. The standard InChI is InChI=1S/C24H30N4O6/c1-4-9-25-22(29)12-16-6-7-19-21(33-16)13-32-20-8-5-15(11-17(20)24(31)28(19)3)26-23(30)18-10-14(2)34-27-18/h5,8,10-11,16,19,21H,4,6-7,9,12-13H2,1-3H3,(H,25,29)(H,26,30)/t16-,19-,21-/m1/s1. The zero-order valence-corrected chi connectivity index (χ0v) is 19.6. The summed E-state index contributed by atoms with van der Waals surface area (Å²) >= 11 is 0. The van der Waals surface area contributed by atoms with E-state index in [1.54, 1.807) is 37.1 Å². The maximum atomic E-state index is 13.3. The fourth-order valence-corrected chi connectivity index (χ4v) is 4.32. The molecular weight excluding hydrogens is 440 g/mol. The summed E-state index contributed by atoms with van der Waals surface area (Å²) in [6.45, 7) is 4.61. The third-order valence-corrected chi connectivity index (χ3v) is 6.12. The van der Waals surface area contributed by atoms with Crippen LogP contribution in [0, 0.1) is 6.92 Å². The maximum Gasteiger partial charge on any atom is 0.277 e. The summed E-state index contributed by atoms with van der Waals surface area (Å²) in [7, 11) is 1.75. The van der Waals surface area contributed by atoms with E-state index in [0.717, 1.165) is 6.42 Å². The molecule has 2 aliphatic heterocycles. The minimum Gasteiger partial charge on any atom is -0.490 e. The fourth-order valence-electron chi connectivity index (χ4n) is 4.32. The molecule has 2 aromatic rings. The Hall–Kier alpha value is -3.40. The molecule has 0 spiro atoms. The Balaban J connectivity index is 1.46. The molecule has 1 aromatic heterocycles. The Bertz CT molecular complexity index is 1070. The molecule has 1 fully saturated rings. The van der Waals surface area contributed by atoms with Crippen molar-refractivity contribution in [3.63, 3.8) is 0 Å². The summed E-state index contributed by atoms with van der Waals surface area (Å²) in [5, 5.41) is 9.33. The van der Waals surface area contributed by atoms with Crippen LogP contribution in [0.4, 0.5) is 5.69 Å². The second-order valence-electron chi connectivity index (χ2n) is 8.71. The Morgan fingerprint density at radius 2 is 2.06 bits per heavy atom. The summed E-state index contributed by atoms with van der Waals surface area (Å²) in [6.07, 6.45) is 2.02. The molecule has 2 N–H and O–H groups in total. The van der Waals surface area contributed by atoms with Crippen molar-refractivity contribution in [2.24, 2.45) is 0 Å². The Morgan fingerprint density at radius 3 is 2.79 bits per heavy atom. The zero-order chi connectivity index (χ0) is 24.2. The molecule has 3 heterocycles. The smallest absolute Gasteiger partial charge is 0.277 e. The lowest BCUT2D eigenvalue weighted by molar-refractivity contribution is -0.134. The average Bonchev–Trinajstić information content (AvgIpc) is 3.27. The van der Waals surface area contributed by atoms with Crippen molar-refractivity contribution in [2.45, 2.75) is 57.8 Å². The minimum absolute atomic E-state index is 0.0257. The minimum atomic E-state index is -0.431. The van der Waals surface area contributed by atoms with Crippen LogP contribution >= 0.6 is 0 Å². The van der Waals surface area contributed by atoms with E-state index in [4.69, 9.17) is 14.0 Å². The second-order valence-corrected chi connectivity index (χ2v) is 8.71. The van der Waals surface area contributed by atoms with E-state index in [2.05, 4.69) is 15.8 Å². The number of aryl methyl sites for hydroxylation is 1. The van der Waals surface area contributed by atoms with Crippen molar-refractivity contribution < 1.29 is 28.4 Å². The van der Waals surface area contributed by atoms with Crippen LogP contribution in [-0.2, 0) is 9.53 Å². The first kappa shape index (κ1) is 23.7. The molecule has 0 unspecified atom stereocenters. The number of aromatic nitrogens is 1. The molecule has 182 valence electrons. The highest BCUT2D eigenvalue weighted by molar-refractivity contribution is 6.04. The molecule has 0 bridgehead atoms. The Kier molecular flexibility index (Phi) is 7.16. The summed E-state index contributed by atoms with van der Waals surface area (Å²) in [4.78, 5) is 39.5. The number of nitrogens with zero attached hydrogens (tertiary/aromatic N) is 2. The van der Waals surface area contributed by atoms with Crippen molar-refractivity contribution in [3.8, 4) is 5.75 Å². The molecule has 10 heteroatoms. The summed E-state index contributed by atoms with van der Waals surface area (Å²) in [6, 6.07) is 6.29. The highest BCUT2D eigenvalue weighted by atomic mass is 16.5. The lowest BCUT2D eigenvalue weighted by Gasteiger charge is -2.42. The highest BCUT2D eigenvalue weighted by Gasteiger charge is 2.39. The van der Waals surface area contributed by atoms with Crippen molar-refractivity contribution in [1.82, 2.24) is 15.4 Å². The van der Waals surface area contributed by atoms with Crippen LogP contribution < -0.4 is 15.4 Å². The van der Waals surface area contributed by atoms with Crippen molar-refractivity contribution in [3.05, 3.63) is 41.3 Å². The normalized spacial score (nSPS) is 22.0. The quantitative estimate of drug-likeness (QED) is 0.665. The molecule has 10 nitrogen and oxygen atoms in total. The van der Waals surface area contributed by atoms with Gasteiger partial charge >= 0.3 is 0 Å². The Labute approximate surface area is 197 Å². The number of rotatable bonds is 6. The molecule has 4 rings (SSSR count). The number of ether oxygens (including phenoxy) is 2. The van der Waals surface area contributed by atoms with Gasteiger partial charge in [0.1, 0.15) is 24.2 Å². The Morgan fingerprint density at radius 1 is 1.24 bits per heavy atom. The number of fused-ring (bicyclic) bond motifs is 2.